The molecule has 2 aliphatic rings. The van der Waals surface area contributed by atoms with E-state index >= 15 is 0 Å². The highest BCUT2D eigenvalue weighted by molar-refractivity contribution is 6.32. The molecule has 1 aliphatic heterocycles. The molecule has 1 fully saturated rings. The first-order chi connectivity index (χ1) is 9.46. The molecule has 2 N–H and O–H groups in total. The first-order valence-corrected chi connectivity index (χ1v) is 7.76. The van der Waals surface area contributed by atoms with Gasteiger partial charge in [0.15, 0.2) is 11.5 Å². The zero-order valence-corrected chi connectivity index (χ0v) is 12.9. The Labute approximate surface area is 125 Å². The summed E-state index contributed by atoms with van der Waals surface area (Å²) in [5, 5.41) is 0.626. The smallest absolute Gasteiger partial charge is 0.246 e. The molecular weight excluding hydrogens is 274 g/mol. The van der Waals surface area contributed by atoms with E-state index in [9.17, 15) is 0 Å². The molecule has 1 heterocycles. The summed E-state index contributed by atoms with van der Waals surface area (Å²) in [7, 11) is 0. The summed E-state index contributed by atoms with van der Waals surface area (Å²) in [5.41, 5.74) is 7.35. The predicted octanol–water partition coefficient (Wildman–Crippen LogP) is 4.01. The molecule has 0 atom stereocenters. The minimum atomic E-state index is -0.646. The van der Waals surface area contributed by atoms with E-state index in [2.05, 4.69) is 6.07 Å². The quantitative estimate of drug-likeness (QED) is 0.896. The van der Waals surface area contributed by atoms with Gasteiger partial charge in [-0.25, -0.2) is 0 Å². The van der Waals surface area contributed by atoms with Crippen LogP contribution in [0.2, 0.25) is 5.02 Å². The molecule has 0 bridgehead atoms. The standard InChI is InChI=1S/C16H22ClNO2/c1-15(2)19-13-9-11(8-12(17)14(13)20-15)16(10-18)6-4-3-5-7-16/h8-9H,3-7,10,18H2,1-2H3. The van der Waals surface area contributed by atoms with Crippen LogP contribution in [-0.2, 0) is 5.41 Å². The Hall–Kier alpha value is -0.930. The van der Waals surface area contributed by atoms with Crippen LogP contribution in [0.15, 0.2) is 12.1 Å². The van der Waals surface area contributed by atoms with Crippen molar-refractivity contribution in [3.8, 4) is 11.5 Å². The van der Waals surface area contributed by atoms with Crippen LogP contribution < -0.4 is 15.2 Å². The second-order valence-electron chi connectivity index (χ2n) is 6.43. The van der Waals surface area contributed by atoms with Gasteiger partial charge in [-0.1, -0.05) is 30.9 Å². The van der Waals surface area contributed by atoms with Crippen LogP contribution in [0.4, 0.5) is 0 Å². The third kappa shape index (κ3) is 2.27. The number of benzene rings is 1. The van der Waals surface area contributed by atoms with Gasteiger partial charge in [0, 0.05) is 25.8 Å². The first-order valence-electron chi connectivity index (χ1n) is 7.38. The number of hydrogen-bond donors (Lipinski definition) is 1. The van der Waals surface area contributed by atoms with Crippen molar-refractivity contribution in [2.75, 3.05) is 6.54 Å². The average molecular weight is 296 g/mol. The summed E-state index contributed by atoms with van der Waals surface area (Å²) in [6.07, 6.45) is 6.02. The van der Waals surface area contributed by atoms with Gasteiger partial charge < -0.3 is 15.2 Å². The number of rotatable bonds is 2. The Morgan fingerprint density at radius 3 is 2.50 bits per heavy atom. The Morgan fingerprint density at radius 2 is 1.85 bits per heavy atom. The second kappa shape index (κ2) is 4.81. The molecule has 1 aliphatic carbocycles. The third-order valence-electron chi connectivity index (χ3n) is 4.53. The Morgan fingerprint density at radius 1 is 1.15 bits per heavy atom. The molecule has 1 aromatic rings. The van der Waals surface area contributed by atoms with Gasteiger partial charge in [-0.3, -0.25) is 0 Å². The number of nitrogens with two attached hydrogens (primary N) is 1. The van der Waals surface area contributed by atoms with Crippen LogP contribution >= 0.6 is 11.6 Å². The fourth-order valence-corrected chi connectivity index (χ4v) is 3.67. The average Bonchev–Trinajstić information content (AvgIpc) is 2.74. The molecule has 0 amide bonds. The van der Waals surface area contributed by atoms with Gasteiger partial charge in [0.1, 0.15) is 0 Å². The molecule has 0 spiro atoms. The van der Waals surface area contributed by atoms with Gasteiger partial charge in [0.25, 0.3) is 0 Å². The van der Waals surface area contributed by atoms with E-state index in [1.807, 2.05) is 19.9 Å². The fraction of sp³-hybridized carbons (Fsp3) is 0.625. The van der Waals surface area contributed by atoms with E-state index in [0.29, 0.717) is 17.3 Å². The third-order valence-corrected chi connectivity index (χ3v) is 4.81. The molecule has 1 saturated carbocycles. The summed E-state index contributed by atoms with van der Waals surface area (Å²) >= 11 is 6.39. The van der Waals surface area contributed by atoms with E-state index in [1.165, 1.54) is 24.8 Å². The lowest BCUT2D eigenvalue weighted by Crippen LogP contribution is -2.37. The van der Waals surface area contributed by atoms with Crippen LogP contribution in [0.25, 0.3) is 0 Å². The lowest BCUT2D eigenvalue weighted by atomic mass is 9.69. The predicted molar refractivity (Wildman–Crippen MR) is 80.6 cm³/mol. The Kier molecular flexibility index (Phi) is 3.38. The molecule has 3 rings (SSSR count). The van der Waals surface area contributed by atoms with Gasteiger partial charge in [-0.05, 0) is 30.5 Å². The van der Waals surface area contributed by atoms with Crippen LogP contribution in [0.5, 0.6) is 11.5 Å². The van der Waals surface area contributed by atoms with Crippen molar-refractivity contribution in [3.05, 3.63) is 22.7 Å². The highest BCUT2D eigenvalue weighted by Crippen LogP contribution is 2.49. The van der Waals surface area contributed by atoms with Gasteiger partial charge >= 0.3 is 0 Å². The van der Waals surface area contributed by atoms with Crippen molar-refractivity contribution in [3.63, 3.8) is 0 Å². The Balaban J connectivity index is 2.02. The highest BCUT2D eigenvalue weighted by Gasteiger charge is 2.38. The van der Waals surface area contributed by atoms with Gasteiger partial charge in [-0.15, -0.1) is 0 Å². The molecule has 1 aromatic carbocycles. The van der Waals surface area contributed by atoms with E-state index in [1.54, 1.807) is 0 Å². The second-order valence-corrected chi connectivity index (χ2v) is 6.84. The monoisotopic (exact) mass is 295 g/mol. The molecule has 0 saturated heterocycles. The summed E-state index contributed by atoms with van der Waals surface area (Å²) < 4.78 is 11.6. The van der Waals surface area contributed by atoms with Crippen LogP contribution in [0.3, 0.4) is 0 Å². The van der Waals surface area contributed by atoms with E-state index in [4.69, 9.17) is 26.8 Å². The maximum atomic E-state index is 6.39. The zero-order valence-electron chi connectivity index (χ0n) is 12.2. The maximum absolute atomic E-state index is 6.39. The minimum Gasteiger partial charge on any atom is -0.449 e. The summed E-state index contributed by atoms with van der Waals surface area (Å²) in [6, 6.07) is 4.09. The topological polar surface area (TPSA) is 44.5 Å². The molecule has 110 valence electrons. The van der Waals surface area contributed by atoms with E-state index in [0.717, 1.165) is 18.6 Å². The number of fused-ring (bicyclic) bond motifs is 1. The molecule has 4 heteroatoms. The normalized spacial score (nSPS) is 22.8. The van der Waals surface area contributed by atoms with E-state index in [-0.39, 0.29) is 5.41 Å². The molecular formula is C16H22ClNO2. The van der Waals surface area contributed by atoms with Crippen molar-refractivity contribution in [2.45, 2.75) is 57.2 Å². The maximum Gasteiger partial charge on any atom is 0.246 e. The van der Waals surface area contributed by atoms with Crippen LogP contribution in [0, 0.1) is 0 Å². The molecule has 0 radical (unpaired) electrons. The summed E-state index contributed by atoms with van der Waals surface area (Å²) in [5.74, 6) is 0.756. The van der Waals surface area contributed by atoms with Crippen molar-refractivity contribution in [2.24, 2.45) is 5.73 Å². The SMILES string of the molecule is CC1(C)Oc2cc(C3(CN)CCCCC3)cc(Cl)c2O1. The van der Waals surface area contributed by atoms with Crippen LogP contribution in [0.1, 0.15) is 51.5 Å². The van der Waals surface area contributed by atoms with Crippen molar-refractivity contribution in [1.29, 1.82) is 0 Å². The van der Waals surface area contributed by atoms with Crippen molar-refractivity contribution >= 4 is 11.6 Å². The minimum absolute atomic E-state index is 0.0486. The number of ether oxygens (including phenoxy) is 2. The Bertz CT molecular complexity index is 521. The lowest BCUT2D eigenvalue weighted by Gasteiger charge is -2.37. The fourth-order valence-electron chi connectivity index (χ4n) is 3.42. The number of halogens is 1. The van der Waals surface area contributed by atoms with Crippen molar-refractivity contribution in [1.82, 2.24) is 0 Å². The number of hydrogen-bond acceptors (Lipinski definition) is 3. The summed E-state index contributed by atoms with van der Waals surface area (Å²) in [4.78, 5) is 0. The molecule has 20 heavy (non-hydrogen) atoms. The van der Waals surface area contributed by atoms with Gasteiger partial charge in [0.2, 0.25) is 5.79 Å². The zero-order chi connectivity index (χ0) is 14.4. The highest BCUT2D eigenvalue weighted by atomic mass is 35.5. The van der Waals surface area contributed by atoms with Gasteiger partial charge in [-0.2, -0.15) is 0 Å². The molecule has 0 unspecified atom stereocenters. The van der Waals surface area contributed by atoms with Crippen molar-refractivity contribution < 1.29 is 9.47 Å². The summed E-state index contributed by atoms with van der Waals surface area (Å²) in [6.45, 7) is 4.44. The van der Waals surface area contributed by atoms with Gasteiger partial charge in [0.05, 0.1) is 5.02 Å². The molecule has 3 nitrogen and oxygen atoms in total. The lowest BCUT2D eigenvalue weighted by molar-refractivity contribution is -0.0431. The largest absolute Gasteiger partial charge is 0.449 e. The molecule has 0 aromatic heterocycles. The first kappa shape index (κ1) is 14.0. The van der Waals surface area contributed by atoms with E-state index < -0.39 is 5.79 Å². The van der Waals surface area contributed by atoms with Crippen LogP contribution in [-0.4, -0.2) is 12.3 Å².